The van der Waals surface area contributed by atoms with Gasteiger partial charge in [0.2, 0.25) is 0 Å². The normalized spacial score (nSPS) is 11.0. The lowest BCUT2D eigenvalue weighted by atomic mass is 10.1. The highest BCUT2D eigenvalue weighted by Crippen LogP contribution is 2.31. The summed E-state index contributed by atoms with van der Waals surface area (Å²) in [6.45, 7) is 2.23. The second kappa shape index (κ2) is 11.7. The molecule has 164 valence electrons. The van der Waals surface area contributed by atoms with E-state index in [2.05, 4.69) is 91.9 Å². The van der Waals surface area contributed by atoms with E-state index in [0.29, 0.717) is 0 Å². The quantitative estimate of drug-likeness (QED) is 0.249. The van der Waals surface area contributed by atoms with E-state index in [1.807, 2.05) is 0 Å². The van der Waals surface area contributed by atoms with Crippen molar-refractivity contribution in [1.82, 2.24) is 0 Å². The second-order valence-electron chi connectivity index (χ2n) is 7.09. The molecule has 0 aliphatic carbocycles. The van der Waals surface area contributed by atoms with Gasteiger partial charge in [0, 0.05) is 0 Å². The van der Waals surface area contributed by atoms with Crippen LogP contribution >= 0.6 is 0 Å². The minimum atomic E-state index is -4.25. The van der Waals surface area contributed by atoms with E-state index < -0.39 is 10.1 Å². The third kappa shape index (κ3) is 6.82. The molecule has 0 aromatic heterocycles. The Morgan fingerprint density at radius 1 is 0.625 bits per heavy atom. The molecular weight excluding hydrogens is 436 g/mol. The van der Waals surface area contributed by atoms with E-state index in [1.54, 1.807) is 6.07 Å². The number of hydrogen-bond acceptors (Lipinski definition) is 3. The van der Waals surface area contributed by atoms with Gasteiger partial charge in [-0.3, -0.25) is 0 Å². The number of aryl methyl sites for hydroxylation is 1. The molecule has 0 unspecified atom stereocenters. The topological polar surface area (TPSA) is 57.2 Å². The summed E-state index contributed by atoms with van der Waals surface area (Å²) < 4.78 is 30.8. The van der Waals surface area contributed by atoms with Crippen molar-refractivity contribution in [3.8, 4) is 0 Å². The van der Waals surface area contributed by atoms with Gasteiger partial charge in [0.15, 0.2) is 14.7 Å². The van der Waals surface area contributed by atoms with Gasteiger partial charge in [0.05, 0.1) is 15.8 Å². The Kier molecular flexibility index (Phi) is 8.68. The van der Waals surface area contributed by atoms with Crippen molar-refractivity contribution in [3.05, 3.63) is 121 Å². The van der Waals surface area contributed by atoms with Crippen LogP contribution in [-0.4, -0.2) is 13.0 Å². The number of rotatable bonds is 6. The summed E-state index contributed by atoms with van der Waals surface area (Å²) in [6, 6.07) is 38.0. The molecule has 0 spiro atoms. The summed E-state index contributed by atoms with van der Waals surface area (Å²) in [5.74, 6) is 0. The molecule has 4 rings (SSSR count). The van der Waals surface area contributed by atoms with Gasteiger partial charge in [-0.05, 0) is 60.5 Å². The van der Waals surface area contributed by atoms with E-state index in [4.69, 9.17) is 0 Å². The molecule has 0 saturated heterocycles. The van der Waals surface area contributed by atoms with Crippen LogP contribution in [0.1, 0.15) is 18.9 Å². The van der Waals surface area contributed by atoms with Crippen LogP contribution < -0.4 is 0 Å². The van der Waals surface area contributed by atoms with E-state index in [-0.39, 0.29) is 15.8 Å². The molecule has 0 N–H and O–H groups in total. The molecule has 0 bridgehead atoms. The van der Waals surface area contributed by atoms with Crippen molar-refractivity contribution in [2.24, 2.45) is 0 Å². The van der Waals surface area contributed by atoms with Gasteiger partial charge in [-0.2, -0.15) is 0 Å². The Labute approximate surface area is 193 Å². The molecule has 0 heterocycles. The fourth-order valence-electron chi connectivity index (χ4n) is 3.19. The van der Waals surface area contributed by atoms with Crippen molar-refractivity contribution >= 4 is 21.0 Å². The van der Waals surface area contributed by atoms with E-state index >= 15 is 0 Å². The van der Waals surface area contributed by atoms with Crippen molar-refractivity contribution < 1.29 is 13.0 Å². The molecule has 5 heteroatoms. The van der Waals surface area contributed by atoms with Crippen LogP contribution in [-0.2, 0) is 27.4 Å². The van der Waals surface area contributed by atoms with Gasteiger partial charge in [0.25, 0.3) is 0 Å². The lowest BCUT2D eigenvalue weighted by molar-refractivity contribution is 0.463. The first-order valence-corrected chi connectivity index (χ1v) is 13.1. The van der Waals surface area contributed by atoms with Crippen molar-refractivity contribution in [2.75, 3.05) is 0 Å². The molecule has 4 aromatic carbocycles. The van der Waals surface area contributed by atoms with Crippen molar-refractivity contribution in [3.63, 3.8) is 0 Å². The van der Waals surface area contributed by atoms with Gasteiger partial charge >= 0.3 is 0 Å². The van der Waals surface area contributed by atoms with Gasteiger partial charge in [-0.15, -0.1) is 0 Å². The van der Waals surface area contributed by atoms with Crippen molar-refractivity contribution in [2.45, 2.75) is 39.3 Å². The summed E-state index contributed by atoms with van der Waals surface area (Å²) in [4.78, 5) is 3.95. The molecule has 4 aromatic rings. The van der Waals surface area contributed by atoms with Gasteiger partial charge in [-0.1, -0.05) is 80.1 Å². The predicted molar refractivity (Wildman–Crippen MR) is 130 cm³/mol. The lowest BCUT2D eigenvalue weighted by Crippen LogP contribution is -2.04. The molecule has 0 amide bonds. The zero-order valence-electron chi connectivity index (χ0n) is 17.9. The highest BCUT2D eigenvalue weighted by atomic mass is 32.2. The zero-order valence-corrected chi connectivity index (χ0v) is 19.6. The maximum atomic E-state index is 10.3. The Morgan fingerprint density at radius 3 is 1.41 bits per heavy atom. The summed E-state index contributed by atoms with van der Waals surface area (Å²) in [7, 11) is -4.28. The predicted octanol–water partition coefficient (Wildman–Crippen LogP) is 6.33. The molecule has 0 aliphatic heterocycles. The van der Waals surface area contributed by atoms with Crippen LogP contribution in [0, 0.1) is 0 Å². The van der Waals surface area contributed by atoms with Crippen LogP contribution in [0.2, 0.25) is 0 Å². The molecule has 0 fully saturated rings. The Bertz CT molecular complexity index is 1140. The van der Waals surface area contributed by atoms with Crippen LogP contribution in [0.15, 0.2) is 135 Å². The first-order valence-electron chi connectivity index (χ1n) is 10.4. The number of hydrogen-bond donors (Lipinski definition) is 0. The fraction of sp³-hybridized carbons (Fsp3) is 0.111. The SMILES string of the molecule is CCCc1ccc([S+](c2ccccc2)c2ccccc2)cc1.O=S(=O)([O-])c1ccccc1. The molecular formula is C27H26O3S2. The number of benzene rings is 4. The Morgan fingerprint density at radius 2 is 1.03 bits per heavy atom. The van der Waals surface area contributed by atoms with Gasteiger partial charge in [0.1, 0.15) is 10.1 Å². The molecule has 0 saturated carbocycles. The first-order chi connectivity index (χ1) is 15.5. The van der Waals surface area contributed by atoms with Crippen LogP contribution in [0.3, 0.4) is 0 Å². The van der Waals surface area contributed by atoms with Crippen LogP contribution in [0.5, 0.6) is 0 Å². The highest BCUT2D eigenvalue weighted by molar-refractivity contribution is 7.97. The molecule has 3 nitrogen and oxygen atoms in total. The summed E-state index contributed by atoms with van der Waals surface area (Å²) in [5.41, 5.74) is 1.43. The maximum Gasteiger partial charge on any atom is 0.166 e. The average molecular weight is 463 g/mol. The second-order valence-corrected chi connectivity index (χ2v) is 10.5. The minimum Gasteiger partial charge on any atom is -0.744 e. The average Bonchev–Trinajstić information content (AvgIpc) is 2.83. The smallest absolute Gasteiger partial charge is 0.166 e. The van der Waals surface area contributed by atoms with Gasteiger partial charge < -0.3 is 4.55 Å². The third-order valence-electron chi connectivity index (χ3n) is 4.69. The van der Waals surface area contributed by atoms with Crippen molar-refractivity contribution in [1.29, 1.82) is 0 Å². The van der Waals surface area contributed by atoms with E-state index in [1.165, 1.54) is 50.9 Å². The van der Waals surface area contributed by atoms with E-state index in [9.17, 15) is 13.0 Å². The standard InChI is InChI=1S/C21H21S.C6H6O3S/c1-2-9-18-14-16-21(17-15-18)22(19-10-5-3-6-11-19)20-12-7-4-8-13-20;7-10(8,9)6-4-2-1-3-5-6/h3-8,10-17H,2,9H2,1H3;1-5H,(H,7,8,9)/q+1;/p-1. The van der Waals surface area contributed by atoms with E-state index in [0.717, 1.165) is 6.42 Å². The molecule has 0 atom stereocenters. The zero-order chi connectivity index (χ0) is 22.8. The summed E-state index contributed by atoms with van der Waals surface area (Å²) in [5, 5.41) is 0. The molecule has 32 heavy (non-hydrogen) atoms. The highest BCUT2D eigenvalue weighted by Gasteiger charge is 2.27. The lowest BCUT2D eigenvalue weighted by Gasteiger charge is -2.08. The minimum absolute atomic E-state index is 0.0268. The fourth-order valence-corrected chi connectivity index (χ4v) is 5.76. The first kappa shape index (κ1) is 23.8. The largest absolute Gasteiger partial charge is 0.744 e. The monoisotopic (exact) mass is 462 g/mol. The van der Waals surface area contributed by atoms with Crippen LogP contribution in [0.4, 0.5) is 0 Å². The maximum absolute atomic E-state index is 10.3. The molecule has 0 radical (unpaired) electrons. The summed E-state index contributed by atoms with van der Waals surface area (Å²) >= 11 is 0. The summed E-state index contributed by atoms with van der Waals surface area (Å²) in [6.07, 6.45) is 2.35. The van der Waals surface area contributed by atoms with Gasteiger partial charge in [-0.25, -0.2) is 8.42 Å². The third-order valence-corrected chi connectivity index (χ3v) is 7.77. The molecule has 0 aliphatic rings. The Hall–Kier alpha value is -2.86. The Balaban J connectivity index is 0.000000243. The van der Waals surface area contributed by atoms with Crippen LogP contribution in [0.25, 0.3) is 0 Å².